The third-order valence-corrected chi connectivity index (χ3v) is 7.72. The van der Waals surface area contributed by atoms with Crippen LogP contribution in [0.1, 0.15) is 69.8 Å². The number of amides is 1. The minimum Gasteiger partial charge on any atom is -0.487 e. The van der Waals surface area contributed by atoms with Crippen LogP contribution >= 0.6 is 0 Å². The van der Waals surface area contributed by atoms with E-state index < -0.39 is 0 Å². The van der Waals surface area contributed by atoms with Crippen molar-refractivity contribution in [1.29, 1.82) is 0 Å². The van der Waals surface area contributed by atoms with Crippen LogP contribution in [-0.2, 0) is 9.63 Å². The lowest BCUT2D eigenvalue weighted by atomic mass is 9.64. The number of hydrogen-bond donors (Lipinski definition) is 0. The summed E-state index contributed by atoms with van der Waals surface area (Å²) in [5.41, 5.74) is 4.54. The van der Waals surface area contributed by atoms with Crippen molar-refractivity contribution in [2.75, 3.05) is 14.2 Å². The van der Waals surface area contributed by atoms with Crippen molar-refractivity contribution in [3.05, 3.63) is 54.4 Å². The van der Waals surface area contributed by atoms with Gasteiger partial charge in [0.2, 0.25) is 5.91 Å². The second-order valence-corrected chi connectivity index (χ2v) is 10.4. The Labute approximate surface area is 214 Å². The summed E-state index contributed by atoms with van der Waals surface area (Å²) in [6.45, 7) is 16.2. The Morgan fingerprint density at radius 2 is 1.72 bits per heavy atom. The van der Waals surface area contributed by atoms with Gasteiger partial charge in [-0.05, 0) is 50.7 Å². The molecule has 1 aliphatic carbocycles. The number of aromatic nitrogens is 2. The molecule has 6 nitrogen and oxygen atoms in total. The highest BCUT2D eigenvalue weighted by Gasteiger charge is 2.47. The molecule has 1 fully saturated rings. The predicted octanol–water partition coefficient (Wildman–Crippen LogP) is 6.79. The van der Waals surface area contributed by atoms with E-state index in [4.69, 9.17) is 14.7 Å². The quantitative estimate of drug-likeness (QED) is 0.301. The lowest BCUT2D eigenvalue weighted by Gasteiger charge is -2.49. The Morgan fingerprint density at radius 3 is 2.28 bits per heavy atom. The molecule has 190 valence electrons. The Morgan fingerprint density at radius 1 is 1.11 bits per heavy atom. The van der Waals surface area contributed by atoms with E-state index in [2.05, 4.69) is 63.0 Å². The molecule has 1 saturated carbocycles. The van der Waals surface area contributed by atoms with Crippen molar-refractivity contribution in [1.82, 2.24) is 15.0 Å². The first kappa shape index (κ1) is 25.8. The van der Waals surface area contributed by atoms with Crippen molar-refractivity contribution in [2.45, 2.75) is 58.5 Å². The Bertz CT molecular complexity index is 1330. The van der Waals surface area contributed by atoms with Crippen molar-refractivity contribution in [3.8, 4) is 5.75 Å². The van der Waals surface area contributed by atoms with E-state index in [0.29, 0.717) is 17.8 Å². The van der Waals surface area contributed by atoms with Crippen LogP contribution in [0, 0.1) is 11.8 Å². The lowest BCUT2D eigenvalue weighted by Crippen LogP contribution is -2.46. The van der Waals surface area contributed by atoms with Crippen LogP contribution in [-0.4, -0.2) is 40.7 Å². The van der Waals surface area contributed by atoms with Crippen LogP contribution in [0.5, 0.6) is 5.75 Å². The zero-order chi connectivity index (χ0) is 26.2. The van der Waals surface area contributed by atoms with Crippen LogP contribution in [0.2, 0.25) is 0 Å². The fourth-order valence-electron chi connectivity index (χ4n) is 5.73. The SMILES string of the molecule is C=Cc1nc2c3c(c4ccccc4c2nc1C=C)OC(C)(C)C1CCC(C)C[C@H]31.CON(C)C(C)=O. The molecule has 6 heteroatoms. The number of carbonyl (C=O) groups is 1. The van der Waals surface area contributed by atoms with E-state index in [-0.39, 0.29) is 11.5 Å². The molecule has 2 unspecified atom stereocenters. The summed E-state index contributed by atoms with van der Waals surface area (Å²) in [4.78, 5) is 24.7. The molecule has 0 bridgehead atoms. The summed E-state index contributed by atoms with van der Waals surface area (Å²) >= 11 is 0. The fraction of sp³-hybridized carbons (Fsp3) is 0.433. The van der Waals surface area contributed by atoms with Crippen molar-refractivity contribution >= 4 is 39.9 Å². The second kappa shape index (κ2) is 10.0. The third-order valence-electron chi connectivity index (χ3n) is 7.72. The summed E-state index contributed by atoms with van der Waals surface area (Å²) in [7, 11) is 3.00. The molecular formula is C30H37N3O3. The molecule has 2 aromatic carbocycles. The zero-order valence-electron chi connectivity index (χ0n) is 22.3. The van der Waals surface area contributed by atoms with E-state index in [0.717, 1.165) is 44.0 Å². The van der Waals surface area contributed by atoms with Crippen molar-refractivity contribution < 1.29 is 14.4 Å². The van der Waals surface area contributed by atoms with E-state index >= 15 is 0 Å². The Balaban J connectivity index is 0.000000384. The average Bonchev–Trinajstić information content (AvgIpc) is 2.87. The standard InChI is InChI=1S/C26H28N2O.C4H9NO2/c1-6-20-21(7-2)28-24-22-18-14-15(3)12-13-19(18)26(4,5)29-25(22)17-11-9-8-10-16(17)23(24)27-20;1-4(6)5(2)7-3/h6-11,15,18-19H,1-2,12-14H2,3-5H3;1-3H3/t15?,18-,19?;/m0./s1. The average molecular weight is 488 g/mol. The summed E-state index contributed by atoms with van der Waals surface area (Å²) < 4.78 is 6.76. The first-order chi connectivity index (χ1) is 17.1. The molecule has 0 N–H and O–H groups in total. The number of hydrogen-bond acceptors (Lipinski definition) is 5. The summed E-state index contributed by atoms with van der Waals surface area (Å²) in [5.74, 6) is 2.54. The molecule has 3 aromatic rings. The third kappa shape index (κ3) is 4.50. The van der Waals surface area contributed by atoms with Gasteiger partial charge in [0, 0.05) is 36.2 Å². The number of rotatable bonds is 3. The van der Waals surface area contributed by atoms with Gasteiger partial charge in [0.25, 0.3) is 0 Å². The summed E-state index contributed by atoms with van der Waals surface area (Å²) in [6, 6.07) is 8.43. The predicted molar refractivity (Wildman–Crippen MR) is 147 cm³/mol. The van der Waals surface area contributed by atoms with Crippen LogP contribution in [0.15, 0.2) is 37.4 Å². The first-order valence-corrected chi connectivity index (χ1v) is 12.6. The van der Waals surface area contributed by atoms with Gasteiger partial charge in [0.05, 0.1) is 29.5 Å². The van der Waals surface area contributed by atoms with Gasteiger partial charge in [-0.15, -0.1) is 0 Å². The number of carbonyl (C=O) groups excluding carboxylic acids is 1. The smallest absolute Gasteiger partial charge is 0.242 e. The number of hydroxylamine groups is 2. The molecule has 36 heavy (non-hydrogen) atoms. The Hall–Kier alpha value is -3.25. The number of ether oxygens (including phenoxy) is 1. The molecule has 1 amide bonds. The molecule has 1 aromatic heterocycles. The van der Waals surface area contributed by atoms with Crippen LogP contribution < -0.4 is 4.74 Å². The monoisotopic (exact) mass is 487 g/mol. The maximum Gasteiger partial charge on any atom is 0.242 e. The van der Waals surface area contributed by atoms with Gasteiger partial charge < -0.3 is 4.74 Å². The van der Waals surface area contributed by atoms with Gasteiger partial charge >= 0.3 is 0 Å². The highest BCUT2D eigenvalue weighted by Crippen LogP contribution is 2.56. The second-order valence-electron chi connectivity index (χ2n) is 10.4. The minimum absolute atomic E-state index is 0.0949. The van der Waals surface area contributed by atoms with Gasteiger partial charge in [-0.1, -0.05) is 50.8 Å². The highest BCUT2D eigenvalue weighted by atomic mass is 16.7. The van der Waals surface area contributed by atoms with E-state index in [1.165, 1.54) is 38.9 Å². The molecule has 2 heterocycles. The topological polar surface area (TPSA) is 64.6 Å². The fourth-order valence-corrected chi connectivity index (χ4v) is 5.73. The van der Waals surface area contributed by atoms with E-state index in [9.17, 15) is 4.79 Å². The lowest BCUT2D eigenvalue weighted by molar-refractivity contribution is -0.165. The number of benzene rings is 2. The van der Waals surface area contributed by atoms with Crippen molar-refractivity contribution in [2.24, 2.45) is 11.8 Å². The molecule has 5 rings (SSSR count). The molecule has 3 atom stereocenters. The zero-order valence-corrected chi connectivity index (χ0v) is 22.3. The molecular weight excluding hydrogens is 450 g/mol. The maximum atomic E-state index is 10.2. The van der Waals surface area contributed by atoms with Crippen LogP contribution in [0.3, 0.4) is 0 Å². The molecule has 0 saturated heterocycles. The van der Waals surface area contributed by atoms with Crippen molar-refractivity contribution in [3.63, 3.8) is 0 Å². The minimum atomic E-state index is -0.190. The van der Waals surface area contributed by atoms with Gasteiger partial charge in [0.1, 0.15) is 11.4 Å². The molecule has 0 spiro atoms. The van der Waals surface area contributed by atoms with Crippen LogP contribution in [0.25, 0.3) is 34.0 Å². The number of nitrogens with zero attached hydrogens (tertiary/aromatic N) is 3. The largest absolute Gasteiger partial charge is 0.487 e. The maximum absolute atomic E-state index is 10.2. The van der Waals surface area contributed by atoms with Crippen LogP contribution in [0.4, 0.5) is 0 Å². The van der Waals surface area contributed by atoms with Gasteiger partial charge in [-0.2, -0.15) is 0 Å². The van der Waals surface area contributed by atoms with E-state index in [1.807, 2.05) is 0 Å². The van der Waals surface area contributed by atoms with Gasteiger partial charge in [-0.3, -0.25) is 9.63 Å². The van der Waals surface area contributed by atoms with Gasteiger partial charge in [-0.25, -0.2) is 15.0 Å². The molecule has 2 aliphatic rings. The summed E-state index contributed by atoms with van der Waals surface area (Å²) in [5, 5.41) is 3.38. The summed E-state index contributed by atoms with van der Waals surface area (Å²) in [6.07, 6.45) is 7.17. The first-order valence-electron chi connectivity index (χ1n) is 12.6. The van der Waals surface area contributed by atoms with Gasteiger partial charge in [0.15, 0.2) is 0 Å². The highest BCUT2D eigenvalue weighted by molar-refractivity contribution is 6.09. The van der Waals surface area contributed by atoms with E-state index in [1.54, 1.807) is 19.2 Å². The Kier molecular flexibility index (Phi) is 7.19. The normalized spacial score (nSPS) is 21.9. The number of fused-ring (bicyclic) bond motifs is 8. The molecule has 1 aliphatic heterocycles. The molecule has 0 radical (unpaired) electrons.